The van der Waals surface area contributed by atoms with Crippen molar-refractivity contribution in [3.63, 3.8) is 0 Å². The molecular weight excluding hydrogens is 335 g/mol. The number of nitrogens with zero attached hydrogens (tertiary/aromatic N) is 1. The molecule has 5 heteroatoms. The van der Waals surface area contributed by atoms with Gasteiger partial charge in [-0.15, -0.1) is 0 Å². The van der Waals surface area contributed by atoms with Gasteiger partial charge in [0.05, 0.1) is 15.8 Å². The molecule has 3 rings (SSSR count). The maximum atomic E-state index is 13.1. The van der Waals surface area contributed by atoms with Crippen LogP contribution in [0.5, 0.6) is 0 Å². The highest BCUT2D eigenvalue weighted by molar-refractivity contribution is 7.22. The Hall–Kier alpha value is -1.98. The van der Waals surface area contributed by atoms with Crippen molar-refractivity contribution in [3.05, 3.63) is 59.4 Å². The Balaban J connectivity index is 1.77. The average Bonchev–Trinajstić information content (AvgIpc) is 2.95. The van der Waals surface area contributed by atoms with Gasteiger partial charge in [0.15, 0.2) is 5.13 Å². The summed E-state index contributed by atoms with van der Waals surface area (Å²) in [5, 5.41) is 14.4. The number of rotatable bonds is 5. The van der Waals surface area contributed by atoms with Crippen LogP contribution in [-0.4, -0.2) is 16.6 Å². The highest BCUT2D eigenvalue weighted by Crippen LogP contribution is 2.31. The molecular formula is C20H23FN2OS. The molecule has 3 nitrogen and oxygen atoms in total. The third kappa shape index (κ3) is 3.99. The standard InChI is InChI=1S/C20H23FN2OS/c1-19(2,13-5-8-15(21)9-6-13)12-22-18-23-16-10-7-14(20(3,4)24)11-17(16)25-18/h5-11,24H,12H2,1-4H3,(H,22,23). The molecule has 0 fully saturated rings. The molecule has 1 aromatic heterocycles. The molecule has 0 atom stereocenters. The zero-order valence-electron chi connectivity index (χ0n) is 14.9. The number of hydrogen-bond donors (Lipinski definition) is 2. The molecule has 0 aliphatic carbocycles. The van der Waals surface area contributed by atoms with E-state index in [4.69, 9.17) is 0 Å². The summed E-state index contributed by atoms with van der Waals surface area (Å²) in [6.45, 7) is 8.48. The maximum Gasteiger partial charge on any atom is 0.183 e. The van der Waals surface area contributed by atoms with Crippen LogP contribution in [0.25, 0.3) is 10.2 Å². The van der Waals surface area contributed by atoms with Gasteiger partial charge in [0, 0.05) is 12.0 Å². The van der Waals surface area contributed by atoms with Crippen molar-refractivity contribution in [2.45, 2.75) is 38.7 Å². The zero-order valence-corrected chi connectivity index (χ0v) is 15.7. The normalized spacial score (nSPS) is 12.6. The SMILES string of the molecule is CC(C)(O)c1ccc2nc(NCC(C)(C)c3ccc(F)cc3)sc2c1. The Morgan fingerprint density at radius 1 is 1.04 bits per heavy atom. The Kier molecular flexibility index (Phi) is 4.56. The summed E-state index contributed by atoms with van der Waals surface area (Å²) in [6.07, 6.45) is 0. The molecule has 2 N–H and O–H groups in total. The summed E-state index contributed by atoms with van der Waals surface area (Å²) < 4.78 is 14.2. The van der Waals surface area contributed by atoms with Crippen molar-refractivity contribution in [2.75, 3.05) is 11.9 Å². The summed E-state index contributed by atoms with van der Waals surface area (Å²) in [5.74, 6) is -0.221. The first-order valence-electron chi connectivity index (χ1n) is 8.28. The molecule has 0 aliphatic rings. The fraction of sp³-hybridized carbons (Fsp3) is 0.350. The molecule has 3 aromatic rings. The second kappa shape index (κ2) is 6.39. The monoisotopic (exact) mass is 358 g/mol. The molecule has 0 radical (unpaired) electrons. The number of aliphatic hydroxyl groups is 1. The minimum atomic E-state index is -0.865. The van der Waals surface area contributed by atoms with Gasteiger partial charge in [-0.05, 0) is 49.2 Å². The van der Waals surface area contributed by atoms with Crippen molar-refractivity contribution in [1.29, 1.82) is 0 Å². The molecule has 0 bridgehead atoms. The van der Waals surface area contributed by atoms with Crippen molar-refractivity contribution in [3.8, 4) is 0 Å². The number of anilines is 1. The van der Waals surface area contributed by atoms with Gasteiger partial charge in [-0.2, -0.15) is 0 Å². The van der Waals surface area contributed by atoms with E-state index in [1.807, 2.05) is 30.3 Å². The number of hydrogen-bond acceptors (Lipinski definition) is 4. The lowest BCUT2D eigenvalue weighted by atomic mass is 9.85. The highest BCUT2D eigenvalue weighted by Gasteiger charge is 2.21. The van der Waals surface area contributed by atoms with E-state index in [-0.39, 0.29) is 11.2 Å². The predicted molar refractivity (Wildman–Crippen MR) is 103 cm³/mol. The van der Waals surface area contributed by atoms with Gasteiger partial charge in [0.2, 0.25) is 0 Å². The number of halogens is 1. The van der Waals surface area contributed by atoms with E-state index >= 15 is 0 Å². The zero-order chi connectivity index (χ0) is 18.2. The van der Waals surface area contributed by atoms with Crippen LogP contribution in [0.4, 0.5) is 9.52 Å². The van der Waals surface area contributed by atoms with Gasteiger partial charge in [0.25, 0.3) is 0 Å². The minimum Gasteiger partial charge on any atom is -0.386 e. The maximum absolute atomic E-state index is 13.1. The summed E-state index contributed by atoms with van der Waals surface area (Å²) >= 11 is 1.57. The second-order valence-corrected chi connectivity index (χ2v) is 8.54. The Morgan fingerprint density at radius 3 is 2.32 bits per heavy atom. The number of benzene rings is 2. The molecule has 132 valence electrons. The first-order chi connectivity index (χ1) is 11.6. The van der Waals surface area contributed by atoms with Crippen LogP contribution in [0.3, 0.4) is 0 Å². The van der Waals surface area contributed by atoms with Crippen LogP contribution in [0.1, 0.15) is 38.8 Å². The van der Waals surface area contributed by atoms with Crippen molar-refractivity contribution in [1.82, 2.24) is 4.98 Å². The second-order valence-electron chi connectivity index (χ2n) is 7.50. The third-order valence-corrected chi connectivity index (χ3v) is 5.38. The Bertz CT molecular complexity index is 879. The topological polar surface area (TPSA) is 45.2 Å². The van der Waals surface area contributed by atoms with Crippen molar-refractivity contribution in [2.24, 2.45) is 0 Å². The summed E-state index contributed by atoms with van der Waals surface area (Å²) in [5.41, 5.74) is 1.86. The van der Waals surface area contributed by atoms with Gasteiger partial charge in [-0.1, -0.05) is 43.4 Å². The molecule has 0 spiro atoms. The fourth-order valence-electron chi connectivity index (χ4n) is 2.68. The molecule has 0 aliphatic heterocycles. The average molecular weight is 358 g/mol. The van der Waals surface area contributed by atoms with Crippen LogP contribution in [-0.2, 0) is 11.0 Å². The highest BCUT2D eigenvalue weighted by atomic mass is 32.1. The van der Waals surface area contributed by atoms with Gasteiger partial charge in [0.1, 0.15) is 5.82 Å². The molecule has 1 heterocycles. The Labute approximate surface area is 151 Å². The number of thiazole rings is 1. The lowest BCUT2D eigenvalue weighted by Gasteiger charge is -2.25. The molecule has 0 saturated heterocycles. The quantitative estimate of drug-likeness (QED) is 0.671. The molecule has 0 saturated carbocycles. The van der Waals surface area contributed by atoms with Gasteiger partial charge in [-0.3, -0.25) is 0 Å². The first kappa shape index (κ1) is 17.8. The van der Waals surface area contributed by atoms with Crippen LogP contribution >= 0.6 is 11.3 Å². The molecule has 0 amide bonds. The van der Waals surface area contributed by atoms with E-state index < -0.39 is 5.60 Å². The van der Waals surface area contributed by atoms with Gasteiger partial charge >= 0.3 is 0 Å². The van der Waals surface area contributed by atoms with Gasteiger partial charge < -0.3 is 10.4 Å². The fourth-order valence-corrected chi connectivity index (χ4v) is 3.58. The summed E-state index contributed by atoms with van der Waals surface area (Å²) in [7, 11) is 0. The van der Waals surface area contributed by atoms with E-state index in [0.717, 1.165) is 26.5 Å². The van der Waals surface area contributed by atoms with Crippen LogP contribution < -0.4 is 5.32 Å². The molecule has 0 unspecified atom stereocenters. The Morgan fingerprint density at radius 2 is 1.68 bits per heavy atom. The third-order valence-electron chi connectivity index (χ3n) is 4.40. The largest absolute Gasteiger partial charge is 0.386 e. The number of nitrogens with one attached hydrogen (secondary N) is 1. The lowest BCUT2D eigenvalue weighted by Crippen LogP contribution is -2.27. The van der Waals surface area contributed by atoms with Gasteiger partial charge in [-0.25, -0.2) is 9.37 Å². The van der Waals surface area contributed by atoms with Crippen LogP contribution in [0, 0.1) is 5.82 Å². The molecule has 2 aromatic carbocycles. The van der Waals surface area contributed by atoms with E-state index in [1.165, 1.54) is 12.1 Å². The van der Waals surface area contributed by atoms with E-state index in [9.17, 15) is 9.50 Å². The van der Waals surface area contributed by atoms with Crippen LogP contribution in [0.15, 0.2) is 42.5 Å². The summed E-state index contributed by atoms with van der Waals surface area (Å²) in [4.78, 5) is 4.61. The van der Waals surface area contributed by atoms with E-state index in [0.29, 0.717) is 6.54 Å². The predicted octanol–water partition coefficient (Wildman–Crippen LogP) is 5.05. The van der Waals surface area contributed by atoms with E-state index in [1.54, 1.807) is 25.2 Å². The summed E-state index contributed by atoms with van der Waals surface area (Å²) in [6, 6.07) is 12.5. The smallest absolute Gasteiger partial charge is 0.183 e. The van der Waals surface area contributed by atoms with Crippen LogP contribution in [0.2, 0.25) is 0 Å². The van der Waals surface area contributed by atoms with Crippen molar-refractivity contribution < 1.29 is 9.50 Å². The number of aromatic nitrogens is 1. The minimum absolute atomic E-state index is 0.149. The molecule has 25 heavy (non-hydrogen) atoms. The first-order valence-corrected chi connectivity index (χ1v) is 9.10. The van der Waals surface area contributed by atoms with Crippen molar-refractivity contribution >= 4 is 26.7 Å². The lowest BCUT2D eigenvalue weighted by molar-refractivity contribution is 0.0787. The number of fused-ring (bicyclic) bond motifs is 1. The van der Waals surface area contributed by atoms with E-state index in [2.05, 4.69) is 24.1 Å².